The van der Waals surface area contributed by atoms with Crippen LogP contribution in [0.3, 0.4) is 0 Å². The molecule has 0 saturated carbocycles. The minimum Gasteiger partial charge on any atom is -0.508 e. The number of hydrogen-bond donors (Lipinski definition) is 2. The highest BCUT2D eigenvalue weighted by Crippen LogP contribution is 2.49. The number of aryl methyl sites for hydroxylation is 2. The van der Waals surface area contributed by atoms with Crippen LogP contribution in [0, 0.1) is 19.8 Å². The van der Waals surface area contributed by atoms with Crippen molar-refractivity contribution in [2.75, 3.05) is 6.61 Å². The second-order valence-corrected chi connectivity index (χ2v) is 13.7. The molecule has 252 valence electrons. The van der Waals surface area contributed by atoms with E-state index in [9.17, 15) is 15.0 Å². The molecule has 0 unspecified atom stereocenters. The van der Waals surface area contributed by atoms with Crippen LogP contribution >= 0.6 is 34.8 Å². The molecule has 0 aliphatic carbocycles. The topological polar surface area (TPSA) is 85.2 Å². The van der Waals surface area contributed by atoms with Crippen LogP contribution in [0.15, 0.2) is 91.0 Å². The van der Waals surface area contributed by atoms with Gasteiger partial charge in [0.25, 0.3) is 0 Å². The third kappa shape index (κ3) is 8.66. The zero-order valence-electron chi connectivity index (χ0n) is 27.1. The van der Waals surface area contributed by atoms with Gasteiger partial charge < -0.3 is 24.4 Å². The van der Waals surface area contributed by atoms with Crippen LogP contribution < -0.4 is 9.47 Å². The SMILES string of the molecule is C=C(C)[C@@H]1C[C@@H](c2ccc(Cl)cc2)[C@@H](CCOc2cc(C)c(Cl)c(C)c2)O[C@H]1c1cc(Cl)ccc1O[C@@H](Cc1ccc(O)cc1)C(=O)O. The van der Waals surface area contributed by atoms with E-state index in [0.717, 1.165) is 33.0 Å². The van der Waals surface area contributed by atoms with Gasteiger partial charge in [0.15, 0.2) is 6.10 Å². The monoisotopic (exact) mass is 708 g/mol. The number of halogens is 3. The largest absolute Gasteiger partial charge is 0.508 e. The van der Waals surface area contributed by atoms with Crippen LogP contribution in [0.4, 0.5) is 0 Å². The Labute approximate surface area is 296 Å². The number of hydrogen-bond acceptors (Lipinski definition) is 5. The van der Waals surface area contributed by atoms with E-state index in [1.807, 2.05) is 57.2 Å². The zero-order valence-corrected chi connectivity index (χ0v) is 29.4. The molecule has 1 heterocycles. The van der Waals surface area contributed by atoms with E-state index in [0.29, 0.717) is 46.4 Å². The summed E-state index contributed by atoms with van der Waals surface area (Å²) in [7, 11) is 0. The Balaban J connectivity index is 1.46. The predicted molar refractivity (Wildman–Crippen MR) is 191 cm³/mol. The van der Waals surface area contributed by atoms with Crippen molar-refractivity contribution in [2.45, 2.75) is 64.3 Å². The molecular weight excluding hydrogens is 671 g/mol. The Kier molecular flexibility index (Phi) is 11.6. The van der Waals surface area contributed by atoms with E-state index in [4.69, 9.17) is 49.0 Å². The lowest BCUT2D eigenvalue weighted by molar-refractivity contribution is -0.145. The predicted octanol–water partition coefficient (Wildman–Crippen LogP) is 10.3. The van der Waals surface area contributed by atoms with E-state index < -0.39 is 18.2 Å². The molecule has 1 aliphatic rings. The quantitative estimate of drug-likeness (QED) is 0.142. The number of phenolic OH excluding ortho intramolecular Hbond substituents is 1. The van der Waals surface area contributed by atoms with Gasteiger partial charge in [-0.25, -0.2) is 4.79 Å². The third-order valence-corrected chi connectivity index (χ3v) is 9.92. The van der Waals surface area contributed by atoms with Crippen LogP contribution in [-0.2, 0) is 16.0 Å². The van der Waals surface area contributed by atoms with E-state index >= 15 is 0 Å². The first-order valence-corrected chi connectivity index (χ1v) is 17.0. The first-order chi connectivity index (χ1) is 22.9. The fourth-order valence-corrected chi connectivity index (χ4v) is 6.73. The van der Waals surface area contributed by atoms with Crippen molar-refractivity contribution in [3.63, 3.8) is 0 Å². The molecule has 6 nitrogen and oxygen atoms in total. The van der Waals surface area contributed by atoms with Crippen LogP contribution in [0.2, 0.25) is 15.1 Å². The Morgan fingerprint density at radius 1 is 0.958 bits per heavy atom. The number of carboxylic acid groups (broad SMARTS) is 1. The molecule has 1 aliphatic heterocycles. The van der Waals surface area contributed by atoms with Crippen molar-refractivity contribution in [2.24, 2.45) is 5.92 Å². The lowest BCUT2D eigenvalue weighted by Crippen LogP contribution is -2.37. The molecule has 0 amide bonds. The number of aromatic hydroxyl groups is 1. The lowest BCUT2D eigenvalue weighted by atomic mass is 9.75. The fourth-order valence-electron chi connectivity index (χ4n) is 6.32. The van der Waals surface area contributed by atoms with Crippen molar-refractivity contribution >= 4 is 40.8 Å². The summed E-state index contributed by atoms with van der Waals surface area (Å²) in [6.45, 7) is 10.6. The number of carbonyl (C=O) groups is 1. The maximum atomic E-state index is 12.4. The van der Waals surface area contributed by atoms with E-state index in [1.165, 1.54) is 12.1 Å². The van der Waals surface area contributed by atoms with Crippen molar-refractivity contribution in [1.29, 1.82) is 0 Å². The van der Waals surface area contributed by atoms with Gasteiger partial charge in [0.05, 0.1) is 18.8 Å². The van der Waals surface area contributed by atoms with Gasteiger partial charge >= 0.3 is 5.97 Å². The molecule has 5 rings (SSSR count). The highest BCUT2D eigenvalue weighted by atomic mass is 35.5. The maximum absolute atomic E-state index is 12.4. The average molecular weight is 710 g/mol. The minimum atomic E-state index is -1.20. The minimum absolute atomic E-state index is 0.00215. The number of rotatable bonds is 12. The smallest absolute Gasteiger partial charge is 0.345 e. The Hall–Kier alpha value is -3.68. The summed E-state index contributed by atoms with van der Waals surface area (Å²) in [5.74, 6) is -0.0390. The van der Waals surface area contributed by atoms with Crippen molar-refractivity contribution in [3.05, 3.63) is 134 Å². The molecule has 1 fully saturated rings. The molecule has 5 atom stereocenters. The van der Waals surface area contributed by atoms with E-state index in [1.54, 1.807) is 30.3 Å². The molecule has 0 bridgehead atoms. The number of ether oxygens (including phenoxy) is 3. The summed E-state index contributed by atoms with van der Waals surface area (Å²) in [4.78, 5) is 12.4. The third-order valence-electron chi connectivity index (χ3n) is 8.84. The lowest BCUT2D eigenvalue weighted by Gasteiger charge is -2.43. The number of phenols is 1. The van der Waals surface area contributed by atoms with Gasteiger partial charge in [-0.2, -0.15) is 0 Å². The molecule has 0 spiro atoms. The average Bonchev–Trinajstić information content (AvgIpc) is 3.05. The summed E-state index contributed by atoms with van der Waals surface area (Å²) in [5.41, 5.74) is 5.27. The van der Waals surface area contributed by atoms with E-state index in [2.05, 4.69) is 6.58 Å². The van der Waals surface area contributed by atoms with Gasteiger partial charge in [-0.05, 0) is 104 Å². The molecule has 9 heteroatoms. The maximum Gasteiger partial charge on any atom is 0.345 e. The van der Waals surface area contributed by atoms with Crippen LogP contribution in [0.25, 0.3) is 0 Å². The molecule has 4 aromatic rings. The van der Waals surface area contributed by atoms with Gasteiger partial charge in [0.1, 0.15) is 17.2 Å². The highest BCUT2D eigenvalue weighted by molar-refractivity contribution is 6.32. The summed E-state index contributed by atoms with van der Waals surface area (Å²) in [5, 5.41) is 21.7. The summed E-state index contributed by atoms with van der Waals surface area (Å²) in [6, 6.07) is 23.2. The van der Waals surface area contributed by atoms with Crippen molar-refractivity contribution < 1.29 is 29.2 Å². The van der Waals surface area contributed by atoms with Crippen LogP contribution in [0.1, 0.15) is 59.6 Å². The first kappa shape index (κ1) is 35.6. The van der Waals surface area contributed by atoms with Crippen molar-refractivity contribution in [1.82, 2.24) is 0 Å². The molecule has 48 heavy (non-hydrogen) atoms. The summed E-state index contributed by atoms with van der Waals surface area (Å²) >= 11 is 19.2. The summed E-state index contributed by atoms with van der Waals surface area (Å²) < 4.78 is 19.5. The fraction of sp³-hybridized carbons (Fsp3) is 0.308. The zero-order chi connectivity index (χ0) is 34.5. The number of carboxylic acids is 1. The molecule has 2 N–H and O–H groups in total. The van der Waals surface area contributed by atoms with Gasteiger partial charge in [-0.3, -0.25) is 0 Å². The van der Waals surface area contributed by atoms with Crippen LogP contribution in [-0.4, -0.2) is 35.0 Å². The Bertz CT molecular complexity index is 1730. The number of benzene rings is 4. The van der Waals surface area contributed by atoms with Gasteiger partial charge in [-0.1, -0.05) is 71.2 Å². The van der Waals surface area contributed by atoms with Gasteiger partial charge in [0.2, 0.25) is 0 Å². The van der Waals surface area contributed by atoms with Crippen LogP contribution in [0.5, 0.6) is 17.2 Å². The Morgan fingerprint density at radius 3 is 2.23 bits per heavy atom. The molecule has 0 radical (unpaired) electrons. The standard InChI is InChI=1S/C39H39Cl3O6/c1-22(2)31-21-32(26-7-9-27(40)10-8-26)35(15-16-46-30-17-23(3)37(42)24(4)18-30)48-38(31)33-20-28(41)11-14-34(33)47-36(39(44)45)19-25-5-12-29(43)13-6-25/h5-14,17-18,20,31-32,35-36,38,43H,1,15-16,19,21H2,2-4H3,(H,44,45)/t31-,32-,35+,36-,38+/m0/s1. The first-order valence-electron chi connectivity index (χ1n) is 15.8. The molecule has 4 aromatic carbocycles. The Morgan fingerprint density at radius 2 is 1.60 bits per heavy atom. The highest BCUT2D eigenvalue weighted by Gasteiger charge is 2.41. The second-order valence-electron chi connectivity index (χ2n) is 12.4. The molecule has 1 saturated heterocycles. The van der Waals surface area contributed by atoms with Gasteiger partial charge in [0, 0.05) is 45.3 Å². The van der Waals surface area contributed by atoms with Crippen molar-refractivity contribution in [3.8, 4) is 17.2 Å². The number of aliphatic carboxylic acids is 1. The normalized spacial score (nSPS) is 19.8. The second kappa shape index (κ2) is 15.7. The van der Waals surface area contributed by atoms with Gasteiger partial charge in [-0.15, -0.1) is 0 Å². The summed E-state index contributed by atoms with van der Waals surface area (Å²) in [6.07, 6.45) is -0.613. The van der Waals surface area contributed by atoms with E-state index in [-0.39, 0.29) is 30.1 Å². The molecule has 0 aromatic heterocycles. The molecular formula is C39H39Cl3O6.